The Bertz CT molecular complexity index is 490. The molecule has 0 bridgehead atoms. The zero-order valence-corrected chi connectivity index (χ0v) is 10.7. The van der Waals surface area contributed by atoms with Crippen molar-refractivity contribution >= 4 is 39.2 Å². The van der Waals surface area contributed by atoms with Crippen LogP contribution in [-0.4, -0.2) is 29.6 Å². The first kappa shape index (κ1) is 11.9. The topological polar surface area (TPSA) is 69.6 Å². The summed E-state index contributed by atoms with van der Waals surface area (Å²) >= 11 is 3.33. The van der Waals surface area contributed by atoms with Gasteiger partial charge >= 0.3 is 5.97 Å². The highest BCUT2D eigenvalue weighted by atomic mass is 79.9. The van der Waals surface area contributed by atoms with E-state index in [9.17, 15) is 9.59 Å². The number of halogens is 1. The SMILES string of the molecule is CC(C(=O)O)N1CC(=O)Nc2ccc(Br)cc21. The number of carboxylic acid groups (broad SMARTS) is 1. The highest BCUT2D eigenvalue weighted by Crippen LogP contribution is 2.33. The predicted octanol–water partition coefficient (Wildman–Crippen LogP) is 1.68. The number of carbonyl (C=O) groups is 2. The van der Waals surface area contributed by atoms with Crippen molar-refractivity contribution in [1.29, 1.82) is 0 Å². The average Bonchev–Trinajstić information content (AvgIpc) is 2.27. The Morgan fingerprint density at radius 1 is 1.59 bits per heavy atom. The normalized spacial score (nSPS) is 16.1. The summed E-state index contributed by atoms with van der Waals surface area (Å²) in [5.74, 6) is -1.15. The highest BCUT2D eigenvalue weighted by molar-refractivity contribution is 9.10. The molecule has 1 aromatic carbocycles. The van der Waals surface area contributed by atoms with Crippen LogP contribution in [-0.2, 0) is 9.59 Å². The molecule has 0 fully saturated rings. The van der Waals surface area contributed by atoms with E-state index in [2.05, 4.69) is 21.2 Å². The molecule has 5 nitrogen and oxygen atoms in total. The number of amides is 1. The van der Waals surface area contributed by atoms with Crippen molar-refractivity contribution in [3.05, 3.63) is 22.7 Å². The molecule has 17 heavy (non-hydrogen) atoms. The third-order valence-corrected chi connectivity index (χ3v) is 3.18. The lowest BCUT2D eigenvalue weighted by Crippen LogP contribution is -2.46. The second-order valence-corrected chi connectivity index (χ2v) is 4.77. The first-order chi connectivity index (χ1) is 7.99. The van der Waals surface area contributed by atoms with Crippen molar-refractivity contribution in [3.8, 4) is 0 Å². The number of benzene rings is 1. The van der Waals surface area contributed by atoms with Crippen LogP contribution in [0.5, 0.6) is 0 Å². The van der Waals surface area contributed by atoms with Gasteiger partial charge in [-0.25, -0.2) is 4.79 Å². The van der Waals surface area contributed by atoms with Crippen LogP contribution in [0, 0.1) is 0 Å². The average molecular weight is 299 g/mol. The van der Waals surface area contributed by atoms with E-state index < -0.39 is 12.0 Å². The molecule has 2 rings (SSSR count). The van der Waals surface area contributed by atoms with Crippen LogP contribution in [0.2, 0.25) is 0 Å². The minimum atomic E-state index is -0.953. The van der Waals surface area contributed by atoms with Crippen LogP contribution in [0.1, 0.15) is 6.92 Å². The lowest BCUT2D eigenvalue weighted by atomic mass is 10.1. The number of nitrogens with zero attached hydrogens (tertiary/aromatic N) is 1. The Morgan fingerprint density at radius 3 is 2.94 bits per heavy atom. The Balaban J connectivity index is 2.46. The van der Waals surface area contributed by atoms with Crippen molar-refractivity contribution in [2.45, 2.75) is 13.0 Å². The van der Waals surface area contributed by atoms with Gasteiger partial charge in [-0.05, 0) is 25.1 Å². The zero-order chi connectivity index (χ0) is 12.6. The van der Waals surface area contributed by atoms with Crippen LogP contribution in [0.3, 0.4) is 0 Å². The van der Waals surface area contributed by atoms with Crippen LogP contribution in [0.25, 0.3) is 0 Å². The maximum Gasteiger partial charge on any atom is 0.326 e. The summed E-state index contributed by atoms with van der Waals surface area (Å²) in [6, 6.07) is 4.61. The van der Waals surface area contributed by atoms with E-state index in [-0.39, 0.29) is 12.5 Å². The van der Waals surface area contributed by atoms with Gasteiger partial charge in [-0.2, -0.15) is 0 Å². The molecule has 1 heterocycles. The molecule has 0 saturated heterocycles. The van der Waals surface area contributed by atoms with Gasteiger partial charge in [0.05, 0.1) is 17.9 Å². The molecule has 0 aromatic heterocycles. The van der Waals surface area contributed by atoms with Gasteiger partial charge in [-0.3, -0.25) is 4.79 Å². The molecule has 1 atom stereocenters. The minimum Gasteiger partial charge on any atom is -0.480 e. The highest BCUT2D eigenvalue weighted by Gasteiger charge is 2.29. The molecule has 6 heteroatoms. The standard InChI is InChI=1S/C11H11BrN2O3/c1-6(11(16)17)14-5-10(15)13-8-3-2-7(12)4-9(8)14/h2-4,6H,5H2,1H3,(H,13,15)(H,16,17). The van der Waals surface area contributed by atoms with Gasteiger partial charge in [0.2, 0.25) is 5.91 Å². The zero-order valence-electron chi connectivity index (χ0n) is 9.11. The summed E-state index contributed by atoms with van der Waals surface area (Å²) in [4.78, 5) is 24.1. The number of hydrogen-bond donors (Lipinski definition) is 2. The monoisotopic (exact) mass is 298 g/mol. The van der Waals surface area contributed by atoms with Gasteiger partial charge < -0.3 is 15.3 Å². The Morgan fingerprint density at radius 2 is 2.29 bits per heavy atom. The molecule has 2 N–H and O–H groups in total. The van der Waals surface area contributed by atoms with Crippen LogP contribution >= 0.6 is 15.9 Å². The van der Waals surface area contributed by atoms with Gasteiger partial charge in [-0.1, -0.05) is 15.9 Å². The lowest BCUT2D eigenvalue weighted by molar-refractivity contribution is -0.138. The Labute approximate surface area is 107 Å². The molecule has 0 radical (unpaired) electrons. The molecule has 1 unspecified atom stereocenters. The quantitative estimate of drug-likeness (QED) is 0.871. The summed E-state index contributed by atoms with van der Waals surface area (Å²) in [6.45, 7) is 1.61. The predicted molar refractivity (Wildman–Crippen MR) is 67.2 cm³/mol. The molecule has 0 spiro atoms. The molecule has 0 saturated carbocycles. The number of carboxylic acids is 1. The van der Waals surface area contributed by atoms with Gasteiger partial charge in [0.1, 0.15) is 6.04 Å². The first-order valence-corrected chi connectivity index (χ1v) is 5.87. The molecule has 1 aliphatic heterocycles. The van der Waals surface area contributed by atoms with Gasteiger partial charge in [0, 0.05) is 4.47 Å². The Hall–Kier alpha value is -1.56. The van der Waals surface area contributed by atoms with Crippen LogP contribution in [0.15, 0.2) is 22.7 Å². The molecule has 1 aliphatic rings. The number of carbonyl (C=O) groups excluding carboxylic acids is 1. The van der Waals surface area contributed by atoms with Crippen molar-refractivity contribution < 1.29 is 14.7 Å². The molecule has 90 valence electrons. The van der Waals surface area contributed by atoms with Gasteiger partial charge in [0.25, 0.3) is 0 Å². The van der Waals surface area contributed by atoms with E-state index >= 15 is 0 Å². The fourth-order valence-corrected chi connectivity index (χ4v) is 2.11. The van der Waals surface area contributed by atoms with E-state index in [4.69, 9.17) is 5.11 Å². The minimum absolute atomic E-state index is 0.0525. The van der Waals surface area contributed by atoms with Gasteiger partial charge in [-0.15, -0.1) is 0 Å². The van der Waals surface area contributed by atoms with E-state index in [0.29, 0.717) is 11.4 Å². The largest absolute Gasteiger partial charge is 0.480 e. The molecular formula is C11H11BrN2O3. The summed E-state index contributed by atoms with van der Waals surface area (Å²) in [6.07, 6.45) is 0. The second kappa shape index (κ2) is 4.37. The third kappa shape index (κ3) is 2.26. The van der Waals surface area contributed by atoms with E-state index in [1.165, 1.54) is 0 Å². The maximum absolute atomic E-state index is 11.5. The summed E-state index contributed by atoms with van der Waals surface area (Å²) < 4.78 is 0.843. The van der Waals surface area contributed by atoms with Crippen LogP contribution in [0.4, 0.5) is 11.4 Å². The van der Waals surface area contributed by atoms with Crippen molar-refractivity contribution in [1.82, 2.24) is 0 Å². The lowest BCUT2D eigenvalue weighted by Gasteiger charge is -2.33. The maximum atomic E-state index is 11.5. The van der Waals surface area contributed by atoms with Gasteiger partial charge in [0.15, 0.2) is 0 Å². The fourth-order valence-electron chi connectivity index (χ4n) is 1.76. The summed E-state index contributed by atoms with van der Waals surface area (Å²) in [7, 11) is 0. The number of rotatable bonds is 2. The fraction of sp³-hybridized carbons (Fsp3) is 0.273. The number of aliphatic carboxylic acids is 1. The Kier molecular flexibility index (Phi) is 3.06. The van der Waals surface area contributed by atoms with E-state index in [1.54, 1.807) is 30.0 Å². The molecular weight excluding hydrogens is 288 g/mol. The molecule has 1 aromatic rings. The number of fused-ring (bicyclic) bond motifs is 1. The number of nitrogens with one attached hydrogen (secondary N) is 1. The molecule has 0 aliphatic carbocycles. The summed E-state index contributed by atoms with van der Waals surface area (Å²) in [5, 5.41) is 11.7. The van der Waals surface area contributed by atoms with E-state index in [0.717, 1.165) is 4.47 Å². The van der Waals surface area contributed by atoms with Crippen molar-refractivity contribution in [2.24, 2.45) is 0 Å². The first-order valence-electron chi connectivity index (χ1n) is 5.08. The van der Waals surface area contributed by atoms with Crippen LogP contribution < -0.4 is 10.2 Å². The number of anilines is 2. The smallest absolute Gasteiger partial charge is 0.326 e. The summed E-state index contributed by atoms with van der Waals surface area (Å²) in [5.41, 5.74) is 1.35. The second-order valence-electron chi connectivity index (χ2n) is 3.85. The van der Waals surface area contributed by atoms with Crippen molar-refractivity contribution in [3.63, 3.8) is 0 Å². The van der Waals surface area contributed by atoms with Crippen molar-refractivity contribution in [2.75, 3.05) is 16.8 Å². The number of hydrogen-bond acceptors (Lipinski definition) is 3. The third-order valence-electron chi connectivity index (χ3n) is 2.68. The molecule has 1 amide bonds. The van der Waals surface area contributed by atoms with E-state index in [1.807, 2.05) is 0 Å².